The molecule has 1 amide bonds. The third-order valence-electron chi connectivity index (χ3n) is 3.30. The van der Waals surface area contributed by atoms with Gasteiger partial charge in [-0.2, -0.15) is 0 Å². The lowest BCUT2D eigenvalue weighted by Gasteiger charge is -2.15. The lowest BCUT2D eigenvalue weighted by Crippen LogP contribution is -2.44. The van der Waals surface area contributed by atoms with Gasteiger partial charge in [0, 0.05) is 12.5 Å². The first-order valence-electron chi connectivity index (χ1n) is 7.27. The average Bonchev–Trinajstić information content (AvgIpc) is 2.93. The summed E-state index contributed by atoms with van der Waals surface area (Å²) in [6.45, 7) is 4.50. The number of rotatable bonds is 7. The molecule has 2 rings (SSSR count). The smallest absolute Gasteiger partial charge is 0.239 e. The summed E-state index contributed by atoms with van der Waals surface area (Å²) >= 11 is 0. The van der Waals surface area contributed by atoms with Gasteiger partial charge in [-0.05, 0) is 26.0 Å². The molecule has 6 nitrogen and oxygen atoms in total. The van der Waals surface area contributed by atoms with Crippen molar-refractivity contribution in [3.8, 4) is 5.75 Å². The number of benzene rings is 1. The highest BCUT2D eigenvalue weighted by atomic mass is 16.5. The molecule has 0 fully saturated rings. The zero-order valence-electron chi connectivity index (χ0n) is 13.1. The fourth-order valence-corrected chi connectivity index (χ4v) is 2.19. The number of nitrogens with two attached hydrogens (primary N) is 1. The molecule has 0 aliphatic heterocycles. The summed E-state index contributed by atoms with van der Waals surface area (Å²) in [4.78, 5) is 11.9. The molecule has 22 heavy (non-hydrogen) atoms. The molecule has 6 heteroatoms. The van der Waals surface area contributed by atoms with Crippen LogP contribution in [-0.2, 0) is 9.53 Å². The van der Waals surface area contributed by atoms with E-state index < -0.39 is 6.04 Å². The quantitative estimate of drug-likeness (QED) is 0.817. The monoisotopic (exact) mass is 306 g/mol. The first-order chi connectivity index (χ1) is 10.6. The van der Waals surface area contributed by atoms with Gasteiger partial charge in [-0.3, -0.25) is 4.79 Å². The van der Waals surface area contributed by atoms with Gasteiger partial charge in [0.15, 0.2) is 11.3 Å². The van der Waals surface area contributed by atoms with Crippen LogP contribution in [0.25, 0.3) is 11.0 Å². The minimum absolute atomic E-state index is 0.174. The van der Waals surface area contributed by atoms with Crippen LogP contribution in [-0.4, -0.2) is 32.3 Å². The van der Waals surface area contributed by atoms with Crippen LogP contribution in [0.2, 0.25) is 0 Å². The maximum absolute atomic E-state index is 11.9. The largest absolute Gasteiger partial charge is 0.490 e. The zero-order chi connectivity index (χ0) is 16.1. The van der Waals surface area contributed by atoms with Crippen molar-refractivity contribution < 1.29 is 18.7 Å². The molecular formula is C16H22N2O4. The molecule has 1 heterocycles. The van der Waals surface area contributed by atoms with Crippen molar-refractivity contribution in [3.05, 3.63) is 30.0 Å². The molecule has 0 saturated carbocycles. The molecule has 1 aromatic carbocycles. The van der Waals surface area contributed by atoms with Gasteiger partial charge in [0.05, 0.1) is 19.3 Å². The standard InChI is InChI=1S/C16H22N2O4/c1-4-21-13-7-5-6-11-8-14(22-15(11)13)10(2)18-16(19)12(17)9-20-3/h5-8,10,12H,4,9,17H2,1-3H3,(H,18,19). The predicted octanol–water partition coefficient (Wildman–Crippen LogP) is 1.98. The molecule has 0 bridgehead atoms. The number of methoxy groups -OCH3 is 1. The Balaban J connectivity index is 2.16. The molecule has 0 saturated heterocycles. The SMILES string of the molecule is CCOc1cccc2cc(C(C)NC(=O)C(N)COC)oc12. The first-order valence-corrected chi connectivity index (χ1v) is 7.27. The summed E-state index contributed by atoms with van der Waals surface area (Å²) in [7, 11) is 1.51. The Kier molecular flexibility index (Phi) is 5.41. The first kappa shape index (κ1) is 16.3. The average molecular weight is 306 g/mol. The van der Waals surface area contributed by atoms with Crippen LogP contribution in [0.5, 0.6) is 5.75 Å². The predicted molar refractivity (Wildman–Crippen MR) is 83.8 cm³/mol. The summed E-state index contributed by atoms with van der Waals surface area (Å²) in [6, 6.07) is 6.61. The maximum Gasteiger partial charge on any atom is 0.239 e. The molecule has 0 radical (unpaired) electrons. The van der Waals surface area contributed by atoms with Crippen molar-refractivity contribution in [1.82, 2.24) is 5.32 Å². The fourth-order valence-electron chi connectivity index (χ4n) is 2.19. The summed E-state index contributed by atoms with van der Waals surface area (Å²) in [5, 5.41) is 3.75. The lowest BCUT2D eigenvalue weighted by atomic mass is 10.2. The normalized spacial score (nSPS) is 13.8. The van der Waals surface area contributed by atoms with Gasteiger partial charge in [-0.15, -0.1) is 0 Å². The van der Waals surface area contributed by atoms with E-state index in [1.54, 1.807) is 0 Å². The van der Waals surface area contributed by atoms with Gasteiger partial charge in [-0.1, -0.05) is 12.1 Å². The highest BCUT2D eigenvalue weighted by molar-refractivity contribution is 5.84. The lowest BCUT2D eigenvalue weighted by molar-refractivity contribution is -0.124. The van der Waals surface area contributed by atoms with Crippen LogP contribution in [0, 0.1) is 0 Å². The Labute approximate surface area is 129 Å². The molecule has 2 aromatic rings. The Morgan fingerprint density at radius 3 is 2.91 bits per heavy atom. The number of fused-ring (bicyclic) bond motifs is 1. The maximum atomic E-state index is 11.9. The van der Waals surface area contributed by atoms with Crippen LogP contribution in [0.3, 0.4) is 0 Å². The number of nitrogens with one attached hydrogen (secondary N) is 1. The van der Waals surface area contributed by atoms with Gasteiger partial charge >= 0.3 is 0 Å². The van der Waals surface area contributed by atoms with Crippen LogP contribution >= 0.6 is 0 Å². The summed E-state index contributed by atoms with van der Waals surface area (Å²) in [5.74, 6) is 1.07. The topological polar surface area (TPSA) is 86.7 Å². The summed E-state index contributed by atoms with van der Waals surface area (Å²) in [5.41, 5.74) is 6.39. The van der Waals surface area contributed by atoms with Crippen molar-refractivity contribution in [2.24, 2.45) is 5.73 Å². The van der Waals surface area contributed by atoms with Crippen LogP contribution in [0.15, 0.2) is 28.7 Å². The molecule has 1 aromatic heterocycles. The second kappa shape index (κ2) is 7.29. The number of hydrogen-bond acceptors (Lipinski definition) is 5. The minimum atomic E-state index is -0.698. The van der Waals surface area contributed by atoms with Gasteiger partial charge in [0.1, 0.15) is 11.8 Å². The van der Waals surface area contributed by atoms with Gasteiger partial charge in [0.25, 0.3) is 0 Å². The van der Waals surface area contributed by atoms with Gasteiger partial charge < -0.3 is 24.9 Å². The van der Waals surface area contributed by atoms with E-state index >= 15 is 0 Å². The zero-order valence-corrected chi connectivity index (χ0v) is 13.1. The van der Waals surface area contributed by atoms with E-state index in [4.69, 9.17) is 19.6 Å². The molecule has 0 spiro atoms. The molecule has 0 aliphatic rings. The van der Waals surface area contributed by atoms with Crippen LogP contribution in [0.1, 0.15) is 25.6 Å². The number of furan rings is 1. The molecule has 0 aliphatic carbocycles. The second-order valence-corrected chi connectivity index (χ2v) is 5.05. The minimum Gasteiger partial charge on any atom is -0.490 e. The van der Waals surface area contributed by atoms with Crippen LogP contribution < -0.4 is 15.8 Å². The summed E-state index contributed by atoms with van der Waals surface area (Å²) < 4.78 is 16.3. The van der Waals surface area contributed by atoms with Crippen molar-refractivity contribution in [2.45, 2.75) is 25.9 Å². The Hall–Kier alpha value is -2.05. The highest BCUT2D eigenvalue weighted by Gasteiger charge is 2.19. The number of hydrogen-bond donors (Lipinski definition) is 2. The van der Waals surface area contributed by atoms with E-state index in [0.29, 0.717) is 23.7 Å². The number of carbonyl (C=O) groups excluding carboxylic acids is 1. The van der Waals surface area contributed by atoms with E-state index in [1.165, 1.54) is 7.11 Å². The molecule has 120 valence electrons. The van der Waals surface area contributed by atoms with E-state index in [0.717, 1.165) is 5.39 Å². The Bertz CT molecular complexity index is 638. The van der Waals surface area contributed by atoms with Gasteiger partial charge in [0.2, 0.25) is 5.91 Å². The number of carbonyl (C=O) groups is 1. The van der Waals surface area contributed by atoms with E-state index in [-0.39, 0.29) is 18.6 Å². The third-order valence-corrected chi connectivity index (χ3v) is 3.30. The molecular weight excluding hydrogens is 284 g/mol. The van der Waals surface area contributed by atoms with Crippen LogP contribution in [0.4, 0.5) is 0 Å². The fraction of sp³-hybridized carbons (Fsp3) is 0.438. The van der Waals surface area contributed by atoms with E-state index in [1.807, 2.05) is 38.1 Å². The number of ether oxygens (including phenoxy) is 2. The van der Waals surface area contributed by atoms with Crippen molar-refractivity contribution in [3.63, 3.8) is 0 Å². The van der Waals surface area contributed by atoms with Crippen molar-refractivity contribution in [1.29, 1.82) is 0 Å². The van der Waals surface area contributed by atoms with Crippen molar-refractivity contribution >= 4 is 16.9 Å². The van der Waals surface area contributed by atoms with E-state index in [9.17, 15) is 4.79 Å². The molecule has 2 unspecified atom stereocenters. The Morgan fingerprint density at radius 1 is 1.45 bits per heavy atom. The van der Waals surface area contributed by atoms with Crippen molar-refractivity contribution in [2.75, 3.05) is 20.3 Å². The van der Waals surface area contributed by atoms with Gasteiger partial charge in [-0.25, -0.2) is 0 Å². The number of para-hydroxylation sites is 1. The highest BCUT2D eigenvalue weighted by Crippen LogP contribution is 2.31. The molecule has 3 N–H and O–H groups in total. The second-order valence-electron chi connectivity index (χ2n) is 5.05. The molecule has 2 atom stereocenters. The van der Waals surface area contributed by atoms with E-state index in [2.05, 4.69) is 5.32 Å². The summed E-state index contributed by atoms with van der Waals surface area (Å²) in [6.07, 6.45) is 0. The Morgan fingerprint density at radius 2 is 2.23 bits per heavy atom. The number of amides is 1. The third kappa shape index (κ3) is 3.58.